The molecule has 0 radical (unpaired) electrons. The van der Waals surface area contributed by atoms with Crippen LogP contribution in [0, 0.1) is 0 Å². The van der Waals surface area contributed by atoms with Crippen molar-refractivity contribution in [3.63, 3.8) is 0 Å². The van der Waals surface area contributed by atoms with Crippen LogP contribution in [0.1, 0.15) is 30.2 Å². The van der Waals surface area contributed by atoms with E-state index in [-0.39, 0.29) is 6.10 Å². The van der Waals surface area contributed by atoms with Gasteiger partial charge in [-0.3, -0.25) is 9.88 Å². The maximum atomic E-state index is 5.59. The van der Waals surface area contributed by atoms with Gasteiger partial charge < -0.3 is 4.84 Å². The molecule has 0 spiro atoms. The van der Waals surface area contributed by atoms with E-state index in [1.54, 1.807) is 0 Å². The van der Waals surface area contributed by atoms with Gasteiger partial charge in [-0.15, -0.1) is 0 Å². The minimum atomic E-state index is 0.116. The van der Waals surface area contributed by atoms with Gasteiger partial charge in [-0.1, -0.05) is 48.5 Å². The lowest BCUT2D eigenvalue weighted by atomic mass is 10.1. The molecule has 1 aromatic carbocycles. The molecule has 4 heteroatoms. The summed E-state index contributed by atoms with van der Waals surface area (Å²) in [5.74, 6) is 0. The fourth-order valence-electron chi connectivity index (χ4n) is 2.77. The highest BCUT2D eigenvalue weighted by atomic mass is 16.6. The molecular weight excluding hydrogens is 286 g/mol. The highest BCUT2D eigenvalue weighted by Crippen LogP contribution is 2.17. The van der Waals surface area contributed by atoms with Crippen LogP contribution < -0.4 is 0 Å². The fraction of sp³-hybridized carbons (Fsp3) is 0.368. The summed E-state index contributed by atoms with van der Waals surface area (Å²) >= 11 is 0. The van der Waals surface area contributed by atoms with Crippen LogP contribution in [-0.4, -0.2) is 35.3 Å². The van der Waals surface area contributed by atoms with Crippen molar-refractivity contribution in [2.45, 2.75) is 32.4 Å². The van der Waals surface area contributed by atoms with Gasteiger partial charge in [-0.05, 0) is 30.7 Å². The summed E-state index contributed by atoms with van der Waals surface area (Å²) in [6.45, 7) is 3.81. The Morgan fingerprint density at radius 1 is 1.17 bits per heavy atom. The number of pyridine rings is 1. The molecule has 1 atom stereocenters. The highest BCUT2D eigenvalue weighted by molar-refractivity contribution is 6.01. The molecule has 0 bridgehead atoms. The largest absolute Gasteiger partial charge is 0.390 e. The van der Waals surface area contributed by atoms with Gasteiger partial charge in [0.1, 0.15) is 6.10 Å². The summed E-state index contributed by atoms with van der Waals surface area (Å²) in [6, 6.07) is 14.5. The van der Waals surface area contributed by atoms with E-state index in [1.165, 1.54) is 5.56 Å². The Kier molecular flexibility index (Phi) is 5.03. The number of hydrogen-bond acceptors (Lipinski definition) is 4. The third kappa shape index (κ3) is 4.17. The number of rotatable bonds is 6. The van der Waals surface area contributed by atoms with Crippen molar-refractivity contribution >= 4 is 5.71 Å². The van der Waals surface area contributed by atoms with Crippen molar-refractivity contribution in [1.82, 2.24) is 9.88 Å². The van der Waals surface area contributed by atoms with E-state index in [2.05, 4.69) is 53.3 Å². The van der Waals surface area contributed by atoms with E-state index in [0.717, 1.165) is 42.9 Å². The monoisotopic (exact) mass is 309 g/mol. The Morgan fingerprint density at radius 2 is 2.00 bits per heavy atom. The smallest absolute Gasteiger partial charge is 0.145 e. The quantitative estimate of drug-likeness (QED) is 0.822. The zero-order chi connectivity index (χ0) is 16.1. The second-order valence-electron chi connectivity index (χ2n) is 6.04. The summed E-state index contributed by atoms with van der Waals surface area (Å²) in [5.41, 5.74) is 4.55. The molecule has 2 heterocycles. The summed E-state index contributed by atoms with van der Waals surface area (Å²) in [4.78, 5) is 12.3. The minimum Gasteiger partial charge on any atom is -0.390 e. The van der Waals surface area contributed by atoms with E-state index in [0.29, 0.717) is 0 Å². The first-order chi connectivity index (χ1) is 11.2. The molecule has 3 rings (SSSR count). The fourth-order valence-corrected chi connectivity index (χ4v) is 2.77. The van der Waals surface area contributed by atoms with Crippen molar-refractivity contribution in [2.24, 2.45) is 5.16 Å². The number of hydrogen-bond donors (Lipinski definition) is 0. The highest BCUT2D eigenvalue weighted by Gasteiger charge is 2.23. The van der Waals surface area contributed by atoms with Gasteiger partial charge in [-0.25, -0.2) is 0 Å². The van der Waals surface area contributed by atoms with E-state index in [1.807, 2.05) is 24.4 Å². The molecule has 0 aliphatic carbocycles. The normalized spacial score (nSPS) is 17.2. The molecule has 1 aliphatic rings. The minimum absolute atomic E-state index is 0.116. The lowest BCUT2D eigenvalue weighted by molar-refractivity contribution is 0.0574. The van der Waals surface area contributed by atoms with E-state index < -0.39 is 0 Å². The second kappa shape index (κ2) is 7.38. The molecule has 23 heavy (non-hydrogen) atoms. The molecule has 0 fully saturated rings. The number of aryl methyl sites for hydroxylation is 1. The average molecular weight is 309 g/mol. The summed E-state index contributed by atoms with van der Waals surface area (Å²) in [5, 5.41) is 4.24. The van der Waals surface area contributed by atoms with E-state index in [9.17, 15) is 0 Å². The predicted octanol–water partition coefficient (Wildman–Crippen LogP) is 3.27. The number of aromatic nitrogens is 1. The molecular formula is C19H23N3O. The van der Waals surface area contributed by atoms with Gasteiger partial charge in [0, 0.05) is 25.7 Å². The Hall–Kier alpha value is -2.20. The number of oxime groups is 1. The van der Waals surface area contributed by atoms with Crippen LogP contribution in [0.4, 0.5) is 0 Å². The van der Waals surface area contributed by atoms with Crippen molar-refractivity contribution in [2.75, 3.05) is 13.6 Å². The lowest BCUT2D eigenvalue weighted by Crippen LogP contribution is -2.29. The molecule has 0 N–H and O–H groups in total. The van der Waals surface area contributed by atoms with Gasteiger partial charge in [0.15, 0.2) is 0 Å². The number of likely N-dealkylation sites (N-methyl/N-ethyl adjacent to an activating group) is 1. The summed E-state index contributed by atoms with van der Waals surface area (Å²) < 4.78 is 0. The zero-order valence-corrected chi connectivity index (χ0v) is 13.8. The SMILES string of the molecule is CCc1ccc(CN(C)CC2CC(c3ccccc3)=NO2)nc1. The molecule has 1 aliphatic heterocycles. The third-order valence-electron chi connectivity index (χ3n) is 4.08. The van der Waals surface area contributed by atoms with Gasteiger partial charge in [0.2, 0.25) is 0 Å². The Morgan fingerprint density at radius 3 is 2.70 bits per heavy atom. The van der Waals surface area contributed by atoms with Crippen LogP contribution in [0.2, 0.25) is 0 Å². The van der Waals surface area contributed by atoms with Crippen LogP contribution in [0.3, 0.4) is 0 Å². The van der Waals surface area contributed by atoms with Crippen LogP contribution in [0.5, 0.6) is 0 Å². The predicted molar refractivity (Wildman–Crippen MR) is 92.4 cm³/mol. The first kappa shape index (κ1) is 15.7. The van der Waals surface area contributed by atoms with Gasteiger partial charge in [-0.2, -0.15) is 0 Å². The number of nitrogens with zero attached hydrogens (tertiary/aromatic N) is 3. The van der Waals surface area contributed by atoms with Gasteiger partial charge >= 0.3 is 0 Å². The maximum absolute atomic E-state index is 5.59. The van der Waals surface area contributed by atoms with E-state index >= 15 is 0 Å². The third-order valence-corrected chi connectivity index (χ3v) is 4.08. The summed E-state index contributed by atoms with van der Waals surface area (Å²) in [7, 11) is 2.10. The van der Waals surface area contributed by atoms with Gasteiger partial charge in [0.25, 0.3) is 0 Å². The van der Waals surface area contributed by atoms with Crippen molar-refractivity contribution in [1.29, 1.82) is 0 Å². The van der Waals surface area contributed by atoms with Crippen LogP contribution in [0.15, 0.2) is 53.8 Å². The molecule has 120 valence electrons. The standard InChI is InChI=1S/C19H23N3O/c1-3-15-9-10-17(20-12-15)13-22(2)14-18-11-19(21-23-18)16-7-5-4-6-8-16/h4-10,12,18H,3,11,13-14H2,1-2H3. The average Bonchev–Trinajstić information content (AvgIpc) is 3.04. The molecule has 4 nitrogen and oxygen atoms in total. The van der Waals surface area contributed by atoms with Crippen molar-refractivity contribution < 1.29 is 4.84 Å². The summed E-state index contributed by atoms with van der Waals surface area (Å²) in [6.07, 6.45) is 3.96. The van der Waals surface area contributed by atoms with Gasteiger partial charge in [0.05, 0.1) is 11.4 Å². The molecule has 1 unspecified atom stereocenters. The topological polar surface area (TPSA) is 37.7 Å². The molecule has 1 aromatic heterocycles. The van der Waals surface area contributed by atoms with Crippen LogP contribution in [-0.2, 0) is 17.8 Å². The first-order valence-corrected chi connectivity index (χ1v) is 8.15. The number of benzene rings is 1. The molecule has 0 saturated heterocycles. The first-order valence-electron chi connectivity index (χ1n) is 8.15. The van der Waals surface area contributed by atoms with Crippen molar-refractivity contribution in [3.05, 3.63) is 65.5 Å². The molecule has 0 saturated carbocycles. The Labute approximate surface area is 137 Å². The Balaban J connectivity index is 1.50. The molecule has 2 aromatic rings. The van der Waals surface area contributed by atoms with E-state index in [4.69, 9.17) is 4.84 Å². The molecule has 0 amide bonds. The lowest BCUT2D eigenvalue weighted by Gasteiger charge is -2.19. The Bertz CT molecular complexity index is 652. The van der Waals surface area contributed by atoms with Crippen molar-refractivity contribution in [3.8, 4) is 0 Å². The maximum Gasteiger partial charge on any atom is 0.145 e. The zero-order valence-electron chi connectivity index (χ0n) is 13.8. The van der Waals surface area contributed by atoms with Crippen LogP contribution in [0.25, 0.3) is 0 Å². The van der Waals surface area contributed by atoms with Crippen LogP contribution >= 0.6 is 0 Å². The second-order valence-corrected chi connectivity index (χ2v) is 6.04.